The summed E-state index contributed by atoms with van der Waals surface area (Å²) < 4.78 is 27.1. The quantitative estimate of drug-likeness (QED) is 0.231. The second kappa shape index (κ2) is 11.4. The number of carboxylic acid groups (broad SMARTS) is 1. The van der Waals surface area contributed by atoms with Crippen molar-refractivity contribution in [1.82, 2.24) is 15.1 Å². The highest BCUT2D eigenvalue weighted by Gasteiger charge is 2.55. The van der Waals surface area contributed by atoms with E-state index in [1.807, 2.05) is 23.0 Å². The molecule has 6 rings (SSSR count). The molecular weight excluding hydrogens is 533 g/mol. The van der Waals surface area contributed by atoms with E-state index in [1.165, 1.54) is 5.47 Å². The molecule has 2 N–H and O–H groups in total. The second-order valence-corrected chi connectivity index (χ2v) is 12.5. The molecule has 0 bridgehead atoms. The largest absolute Gasteiger partial charge is 0.492 e. The Hall–Kier alpha value is -3.34. The maximum absolute atomic E-state index is 10.7. The number of amides is 1. The summed E-state index contributed by atoms with van der Waals surface area (Å²) in [6.45, 7) is 9.61. The molecule has 3 fully saturated rings. The molecule has 1 aliphatic carbocycles. The summed E-state index contributed by atoms with van der Waals surface area (Å²) in [6, 6.07) is 14.5. The minimum absolute atomic E-state index is 0.0258. The highest BCUT2D eigenvalue weighted by Crippen LogP contribution is 2.49. The smallest absolute Gasteiger partial charge is 0.491 e. The van der Waals surface area contributed by atoms with Gasteiger partial charge in [-0.05, 0) is 112 Å². The Bertz CT molecular complexity index is 1460. The minimum Gasteiger partial charge on any atom is -0.492 e. The number of ether oxygens (including phenoxy) is 2. The van der Waals surface area contributed by atoms with Gasteiger partial charge in [-0.3, -0.25) is 0 Å². The molecule has 222 valence electrons. The standard InChI is InChI=1S/C32H40BN3O6/c1-31(2)32(3,4)42-33(41-31)29(22-8-9-22)28(21-10-13-25(14-11-21)39-18-16-34-30(37)38)23-12-15-26-24(19-23)20-35-36(26)27-7-5-6-17-40-27/h10-15,19-20,22,27,34H,5-9,16-18H2,1-4H3,(H,37,38). The molecule has 2 saturated heterocycles. The minimum atomic E-state index is -1.06. The maximum Gasteiger partial charge on any atom is 0.491 e. The Morgan fingerprint density at radius 2 is 1.76 bits per heavy atom. The Morgan fingerprint density at radius 3 is 2.40 bits per heavy atom. The number of hydrogen-bond acceptors (Lipinski definition) is 6. The maximum atomic E-state index is 10.7. The Morgan fingerprint density at radius 1 is 1.05 bits per heavy atom. The van der Waals surface area contributed by atoms with Crippen molar-refractivity contribution in [2.24, 2.45) is 5.92 Å². The zero-order chi connectivity index (χ0) is 29.5. The zero-order valence-electron chi connectivity index (χ0n) is 24.9. The second-order valence-electron chi connectivity index (χ2n) is 12.5. The number of nitrogens with zero attached hydrogens (tertiary/aromatic N) is 2. The summed E-state index contributed by atoms with van der Waals surface area (Å²) >= 11 is 0. The first kappa shape index (κ1) is 28.8. The molecule has 1 unspecified atom stereocenters. The van der Waals surface area contributed by atoms with Gasteiger partial charge in [0, 0.05) is 12.0 Å². The van der Waals surface area contributed by atoms with Gasteiger partial charge in [-0.15, -0.1) is 0 Å². The van der Waals surface area contributed by atoms with Crippen molar-refractivity contribution in [3.63, 3.8) is 0 Å². The molecular formula is C32H40BN3O6. The lowest BCUT2D eigenvalue weighted by Gasteiger charge is -2.32. The van der Waals surface area contributed by atoms with Crippen molar-refractivity contribution in [2.45, 2.75) is 77.2 Å². The van der Waals surface area contributed by atoms with E-state index in [1.54, 1.807) is 0 Å². The first-order valence-electron chi connectivity index (χ1n) is 15.0. The summed E-state index contributed by atoms with van der Waals surface area (Å²) in [4.78, 5) is 10.7. The van der Waals surface area contributed by atoms with E-state index in [9.17, 15) is 4.79 Å². The molecule has 1 amide bonds. The van der Waals surface area contributed by atoms with Gasteiger partial charge in [0.2, 0.25) is 0 Å². The molecule has 3 aromatic rings. The van der Waals surface area contributed by atoms with Crippen molar-refractivity contribution in [1.29, 1.82) is 0 Å². The van der Waals surface area contributed by atoms with Crippen molar-refractivity contribution < 1.29 is 28.7 Å². The zero-order valence-corrected chi connectivity index (χ0v) is 24.9. The average Bonchev–Trinajstić information content (AvgIpc) is 3.66. The molecule has 2 aliphatic heterocycles. The fraction of sp³-hybridized carbons (Fsp3) is 0.500. The first-order valence-corrected chi connectivity index (χ1v) is 15.0. The van der Waals surface area contributed by atoms with E-state index >= 15 is 0 Å². The average molecular weight is 573 g/mol. The van der Waals surface area contributed by atoms with Crippen molar-refractivity contribution in [2.75, 3.05) is 19.8 Å². The fourth-order valence-corrected chi connectivity index (χ4v) is 5.78. The molecule has 3 aliphatic rings. The van der Waals surface area contributed by atoms with Gasteiger partial charge >= 0.3 is 13.2 Å². The lowest BCUT2D eigenvalue weighted by atomic mass is 9.69. The monoisotopic (exact) mass is 573 g/mol. The topological polar surface area (TPSA) is 104 Å². The summed E-state index contributed by atoms with van der Waals surface area (Å²) in [7, 11) is -0.454. The number of aromatic nitrogens is 2. The normalized spacial score (nSPS) is 22.2. The number of benzene rings is 2. The van der Waals surface area contributed by atoms with Crippen LogP contribution in [0.5, 0.6) is 5.75 Å². The van der Waals surface area contributed by atoms with Gasteiger partial charge in [0.05, 0.1) is 29.5 Å². The summed E-state index contributed by atoms with van der Waals surface area (Å²) in [5.41, 5.74) is 4.58. The highest BCUT2D eigenvalue weighted by atomic mass is 16.7. The van der Waals surface area contributed by atoms with Crippen LogP contribution in [-0.2, 0) is 14.0 Å². The van der Waals surface area contributed by atoms with Gasteiger partial charge < -0.3 is 29.2 Å². The molecule has 2 aromatic carbocycles. The van der Waals surface area contributed by atoms with E-state index in [-0.39, 0.29) is 19.4 Å². The van der Waals surface area contributed by atoms with Crippen LogP contribution in [0, 0.1) is 5.92 Å². The number of hydrogen-bond donors (Lipinski definition) is 2. The number of rotatable bonds is 9. The summed E-state index contributed by atoms with van der Waals surface area (Å²) in [5, 5.41) is 16.9. The predicted octanol–water partition coefficient (Wildman–Crippen LogP) is 6.23. The molecule has 42 heavy (non-hydrogen) atoms. The molecule has 1 atom stereocenters. The Kier molecular flexibility index (Phi) is 7.80. The third-order valence-electron chi connectivity index (χ3n) is 8.92. The van der Waals surface area contributed by atoms with Crippen LogP contribution in [0.25, 0.3) is 16.5 Å². The predicted molar refractivity (Wildman–Crippen MR) is 161 cm³/mol. The third kappa shape index (κ3) is 5.80. The van der Waals surface area contributed by atoms with E-state index < -0.39 is 24.4 Å². The van der Waals surface area contributed by atoms with Crippen LogP contribution in [0.3, 0.4) is 0 Å². The van der Waals surface area contributed by atoms with Crippen molar-refractivity contribution in [3.8, 4) is 5.75 Å². The molecule has 1 saturated carbocycles. The Balaban J connectivity index is 1.40. The molecule has 3 heterocycles. The van der Waals surface area contributed by atoms with Gasteiger partial charge in [-0.25, -0.2) is 9.48 Å². The molecule has 1 aromatic heterocycles. The van der Waals surface area contributed by atoms with E-state index in [0.717, 1.165) is 66.3 Å². The van der Waals surface area contributed by atoms with Crippen LogP contribution in [0.2, 0.25) is 0 Å². The lowest BCUT2D eigenvalue weighted by molar-refractivity contribution is -0.0366. The molecule has 10 heteroatoms. The van der Waals surface area contributed by atoms with Crippen LogP contribution >= 0.6 is 0 Å². The lowest BCUT2D eigenvalue weighted by Crippen LogP contribution is -2.41. The van der Waals surface area contributed by atoms with Crippen LogP contribution in [-0.4, -0.2) is 59.1 Å². The van der Waals surface area contributed by atoms with Gasteiger partial charge in [0.25, 0.3) is 0 Å². The van der Waals surface area contributed by atoms with Crippen LogP contribution in [0.4, 0.5) is 4.79 Å². The van der Waals surface area contributed by atoms with Crippen LogP contribution < -0.4 is 10.1 Å². The van der Waals surface area contributed by atoms with Crippen LogP contribution in [0.15, 0.2) is 54.1 Å². The SMILES string of the molecule is CC1(C)OB(C(=C(c2ccc(OCCNC(=O)O)cc2)c2ccc3c(cnn3C3CCCCO3)c2)C2CC2)OC1(C)C. The Labute approximate surface area is 247 Å². The van der Waals surface area contributed by atoms with Gasteiger partial charge in [0.1, 0.15) is 12.4 Å². The van der Waals surface area contributed by atoms with E-state index in [0.29, 0.717) is 11.7 Å². The van der Waals surface area contributed by atoms with Gasteiger partial charge in [0.15, 0.2) is 6.23 Å². The number of allylic oxidation sites excluding steroid dienone is 1. The van der Waals surface area contributed by atoms with Crippen molar-refractivity contribution in [3.05, 3.63) is 65.3 Å². The first-order chi connectivity index (χ1) is 20.1. The van der Waals surface area contributed by atoms with Crippen molar-refractivity contribution >= 4 is 29.7 Å². The number of fused-ring (bicyclic) bond motifs is 1. The summed E-state index contributed by atoms with van der Waals surface area (Å²) in [5.74, 6) is 1.06. The van der Waals surface area contributed by atoms with Crippen LogP contribution in [0.1, 0.15) is 77.2 Å². The van der Waals surface area contributed by atoms with E-state index in [2.05, 4.69) is 63.3 Å². The molecule has 0 spiro atoms. The third-order valence-corrected chi connectivity index (χ3v) is 8.92. The molecule has 0 radical (unpaired) electrons. The summed E-state index contributed by atoms with van der Waals surface area (Å²) in [6.07, 6.45) is 6.25. The molecule has 9 nitrogen and oxygen atoms in total. The van der Waals surface area contributed by atoms with E-state index in [4.69, 9.17) is 29.0 Å². The number of nitrogens with one attached hydrogen (secondary N) is 1. The fourth-order valence-electron chi connectivity index (χ4n) is 5.78. The van der Waals surface area contributed by atoms with Gasteiger partial charge in [-0.1, -0.05) is 18.2 Å². The van der Waals surface area contributed by atoms with Gasteiger partial charge in [-0.2, -0.15) is 5.10 Å². The number of carbonyl (C=O) groups is 1. The highest BCUT2D eigenvalue weighted by molar-refractivity contribution is 6.57.